The molecule has 0 saturated carbocycles. The van der Waals surface area contributed by atoms with Crippen molar-refractivity contribution in [1.82, 2.24) is 9.97 Å². The van der Waals surface area contributed by atoms with Crippen molar-refractivity contribution in [3.8, 4) is 22.5 Å². The first-order valence-electron chi connectivity index (χ1n) is 4.22. The molecular weight excluding hydrogens is 208 g/mol. The molecule has 0 saturated heterocycles. The smallest absolute Gasteiger partial charge is 0.193 e. The molecule has 2 aromatic rings. The van der Waals surface area contributed by atoms with Gasteiger partial charge in [-0.1, -0.05) is 0 Å². The van der Waals surface area contributed by atoms with Crippen LogP contribution in [0.25, 0.3) is 10.7 Å². The predicted molar refractivity (Wildman–Crippen MR) is 58.3 cm³/mol. The summed E-state index contributed by atoms with van der Waals surface area (Å²) in [5, 5.41) is 0. The third-order valence-electron chi connectivity index (χ3n) is 1.65. The van der Waals surface area contributed by atoms with Crippen LogP contribution in [0.15, 0.2) is 30.6 Å². The first-order valence-corrected chi connectivity index (χ1v) is 5.04. The second-order valence-electron chi connectivity index (χ2n) is 2.62. The molecular formula is C11H6N2OS. The Labute approximate surface area is 90.8 Å². The zero-order valence-corrected chi connectivity index (χ0v) is 8.49. The van der Waals surface area contributed by atoms with Crippen molar-refractivity contribution >= 4 is 17.6 Å². The molecule has 0 radical (unpaired) electrons. The van der Waals surface area contributed by atoms with Gasteiger partial charge in [-0.15, -0.1) is 11.3 Å². The van der Waals surface area contributed by atoms with Crippen molar-refractivity contribution in [2.24, 2.45) is 0 Å². The maximum Gasteiger partial charge on any atom is 0.193 e. The van der Waals surface area contributed by atoms with Crippen LogP contribution in [0.4, 0.5) is 0 Å². The minimum absolute atomic E-state index is 0.582. The standard InChI is InChI=1S/C11H6N2OS/c14-8-1-3-9-4-5-10(15-9)11-12-6-2-7-13-11/h2,4-8H. The molecule has 0 aromatic carbocycles. The molecule has 15 heavy (non-hydrogen) atoms. The maximum absolute atomic E-state index is 10.1. The summed E-state index contributed by atoms with van der Waals surface area (Å²) < 4.78 is 0. The van der Waals surface area contributed by atoms with Gasteiger partial charge in [-0.25, -0.2) is 9.97 Å². The van der Waals surface area contributed by atoms with E-state index in [4.69, 9.17) is 0 Å². The van der Waals surface area contributed by atoms with E-state index in [-0.39, 0.29) is 0 Å². The number of carbonyl (C=O) groups is 1. The van der Waals surface area contributed by atoms with Crippen LogP contribution >= 0.6 is 11.3 Å². The van der Waals surface area contributed by atoms with E-state index in [9.17, 15) is 4.79 Å². The van der Waals surface area contributed by atoms with Gasteiger partial charge < -0.3 is 0 Å². The highest BCUT2D eigenvalue weighted by Crippen LogP contribution is 2.23. The van der Waals surface area contributed by atoms with Gasteiger partial charge in [0.25, 0.3) is 0 Å². The SMILES string of the molecule is O=CC#Cc1ccc(-c2ncccn2)s1. The maximum atomic E-state index is 10.1. The minimum atomic E-state index is 0.582. The second kappa shape index (κ2) is 4.49. The summed E-state index contributed by atoms with van der Waals surface area (Å²) in [7, 11) is 0. The van der Waals surface area contributed by atoms with Crippen LogP contribution in [0.2, 0.25) is 0 Å². The molecule has 0 N–H and O–H groups in total. The molecule has 2 heterocycles. The molecule has 72 valence electrons. The van der Waals surface area contributed by atoms with E-state index in [1.807, 2.05) is 12.1 Å². The Morgan fingerprint density at radius 1 is 1.27 bits per heavy atom. The number of thiophene rings is 1. The largest absolute Gasteiger partial charge is 0.289 e. The predicted octanol–water partition coefficient (Wildman–Crippen LogP) is 1.76. The van der Waals surface area contributed by atoms with Crippen molar-refractivity contribution in [1.29, 1.82) is 0 Å². The molecule has 0 aliphatic heterocycles. The average Bonchev–Trinajstić information content (AvgIpc) is 2.76. The molecule has 3 nitrogen and oxygen atoms in total. The summed E-state index contributed by atoms with van der Waals surface area (Å²) in [5.41, 5.74) is 0. The number of hydrogen-bond donors (Lipinski definition) is 0. The summed E-state index contributed by atoms with van der Waals surface area (Å²) in [5.74, 6) is 5.78. The van der Waals surface area contributed by atoms with Crippen molar-refractivity contribution in [3.05, 3.63) is 35.5 Å². The Hall–Kier alpha value is -1.99. The fraction of sp³-hybridized carbons (Fsp3) is 0. The molecule has 0 aliphatic carbocycles. The van der Waals surface area contributed by atoms with Crippen LogP contribution < -0.4 is 0 Å². The van der Waals surface area contributed by atoms with Gasteiger partial charge >= 0.3 is 0 Å². The van der Waals surface area contributed by atoms with Gasteiger partial charge in [0, 0.05) is 12.4 Å². The number of rotatable bonds is 1. The minimum Gasteiger partial charge on any atom is -0.289 e. The van der Waals surface area contributed by atoms with Crippen LogP contribution in [-0.2, 0) is 4.79 Å². The van der Waals surface area contributed by atoms with Gasteiger partial charge in [0.1, 0.15) is 0 Å². The van der Waals surface area contributed by atoms with Crippen molar-refractivity contribution in [2.75, 3.05) is 0 Å². The van der Waals surface area contributed by atoms with Gasteiger partial charge in [-0.3, -0.25) is 4.79 Å². The molecule has 2 aromatic heterocycles. The Kier molecular flexibility index (Phi) is 2.86. The fourth-order valence-electron chi connectivity index (χ4n) is 1.05. The second-order valence-corrected chi connectivity index (χ2v) is 3.71. The topological polar surface area (TPSA) is 42.9 Å². The van der Waals surface area contributed by atoms with Gasteiger partial charge in [-0.2, -0.15) is 0 Å². The summed E-state index contributed by atoms with van der Waals surface area (Å²) in [4.78, 5) is 20.1. The van der Waals surface area contributed by atoms with E-state index < -0.39 is 0 Å². The first-order chi connectivity index (χ1) is 7.40. The van der Waals surface area contributed by atoms with Gasteiger partial charge in [0.15, 0.2) is 12.1 Å². The van der Waals surface area contributed by atoms with Gasteiger partial charge in [-0.05, 0) is 30.0 Å². The number of nitrogens with zero attached hydrogens (tertiary/aromatic N) is 2. The van der Waals surface area contributed by atoms with Crippen LogP contribution in [0.5, 0.6) is 0 Å². The first kappa shape index (κ1) is 9.56. The molecule has 0 atom stereocenters. The van der Waals surface area contributed by atoms with Crippen molar-refractivity contribution < 1.29 is 4.79 Å². The summed E-state index contributed by atoms with van der Waals surface area (Å²) in [6, 6.07) is 5.52. The van der Waals surface area contributed by atoms with E-state index in [2.05, 4.69) is 21.8 Å². The lowest BCUT2D eigenvalue weighted by Gasteiger charge is -1.91. The molecule has 0 amide bonds. The molecule has 0 fully saturated rings. The fourth-order valence-corrected chi connectivity index (χ4v) is 1.87. The molecule has 0 aliphatic rings. The highest BCUT2D eigenvalue weighted by atomic mass is 32.1. The Bertz CT molecular complexity index is 522. The van der Waals surface area contributed by atoms with Crippen LogP contribution in [-0.4, -0.2) is 16.3 Å². The zero-order chi connectivity index (χ0) is 10.5. The van der Waals surface area contributed by atoms with Crippen molar-refractivity contribution in [3.63, 3.8) is 0 Å². The Morgan fingerprint density at radius 3 is 2.80 bits per heavy atom. The molecule has 2 rings (SSSR count). The lowest BCUT2D eigenvalue weighted by molar-refractivity contribution is -0.103. The van der Waals surface area contributed by atoms with E-state index in [1.165, 1.54) is 11.3 Å². The third-order valence-corrected chi connectivity index (χ3v) is 2.64. The summed E-state index contributed by atoms with van der Waals surface area (Å²) in [6.45, 7) is 0. The lowest BCUT2D eigenvalue weighted by atomic mass is 10.4. The molecule has 0 spiro atoms. The number of aldehydes is 1. The summed E-state index contributed by atoms with van der Waals surface area (Å²) in [6.07, 6.45) is 3.97. The number of hydrogen-bond acceptors (Lipinski definition) is 4. The van der Waals surface area contributed by atoms with E-state index in [0.717, 1.165) is 9.75 Å². The van der Waals surface area contributed by atoms with Crippen LogP contribution in [0.3, 0.4) is 0 Å². The zero-order valence-electron chi connectivity index (χ0n) is 7.68. The lowest BCUT2D eigenvalue weighted by Crippen LogP contribution is -1.81. The molecule has 4 heteroatoms. The monoisotopic (exact) mass is 214 g/mol. The van der Waals surface area contributed by atoms with Gasteiger partial charge in [0.05, 0.1) is 9.75 Å². The van der Waals surface area contributed by atoms with E-state index in [0.29, 0.717) is 12.1 Å². The third kappa shape index (κ3) is 2.27. The van der Waals surface area contributed by atoms with Crippen LogP contribution in [0.1, 0.15) is 4.88 Å². The Balaban J connectivity index is 2.32. The summed E-state index contributed by atoms with van der Waals surface area (Å²) >= 11 is 1.47. The Morgan fingerprint density at radius 2 is 2.07 bits per heavy atom. The highest BCUT2D eigenvalue weighted by molar-refractivity contribution is 7.15. The van der Waals surface area contributed by atoms with Crippen molar-refractivity contribution in [2.45, 2.75) is 0 Å². The average molecular weight is 214 g/mol. The number of carbonyl (C=O) groups excluding carboxylic acids is 1. The normalized spacial score (nSPS) is 9.07. The van der Waals surface area contributed by atoms with Gasteiger partial charge in [0.2, 0.25) is 0 Å². The molecule has 0 bridgehead atoms. The van der Waals surface area contributed by atoms with E-state index in [1.54, 1.807) is 18.5 Å². The van der Waals surface area contributed by atoms with E-state index >= 15 is 0 Å². The number of aromatic nitrogens is 2. The molecule has 0 unspecified atom stereocenters. The van der Waals surface area contributed by atoms with Crippen LogP contribution in [0, 0.1) is 11.8 Å². The quantitative estimate of drug-likeness (QED) is 0.536. The highest BCUT2D eigenvalue weighted by Gasteiger charge is 2.02.